The van der Waals surface area contributed by atoms with Gasteiger partial charge in [-0.15, -0.1) is 0 Å². The van der Waals surface area contributed by atoms with Crippen molar-refractivity contribution in [3.63, 3.8) is 0 Å². The minimum Gasteiger partial charge on any atom is -0.367 e. The second-order valence-corrected chi connectivity index (χ2v) is 5.16. The van der Waals surface area contributed by atoms with Crippen molar-refractivity contribution in [1.82, 2.24) is 19.9 Å². The van der Waals surface area contributed by atoms with E-state index in [2.05, 4.69) is 20.7 Å². The van der Waals surface area contributed by atoms with Gasteiger partial charge >= 0.3 is 6.18 Å². The fraction of sp³-hybridized carbons (Fsp3) is 0.538. The third-order valence-corrected chi connectivity index (χ3v) is 3.61. The molecular weight excluding hydrogens is 283 g/mol. The van der Waals surface area contributed by atoms with Crippen molar-refractivity contribution in [2.24, 2.45) is 0 Å². The number of aromatic nitrogens is 3. The van der Waals surface area contributed by atoms with Crippen molar-refractivity contribution < 1.29 is 13.2 Å². The molecule has 2 N–H and O–H groups in total. The minimum absolute atomic E-state index is 0.325. The van der Waals surface area contributed by atoms with Crippen molar-refractivity contribution in [3.8, 4) is 0 Å². The van der Waals surface area contributed by atoms with Crippen LogP contribution >= 0.6 is 0 Å². The van der Waals surface area contributed by atoms with E-state index in [1.807, 2.05) is 0 Å². The molecule has 0 amide bonds. The molecule has 3 heterocycles. The highest BCUT2D eigenvalue weighted by molar-refractivity contribution is 5.67. The smallest absolute Gasteiger partial charge is 0.367 e. The lowest BCUT2D eigenvalue weighted by atomic mass is 10.1. The molecule has 5 nitrogen and oxygen atoms in total. The summed E-state index contributed by atoms with van der Waals surface area (Å²) in [6.07, 6.45) is 1.80. The van der Waals surface area contributed by atoms with Gasteiger partial charge in [0.05, 0.1) is 0 Å². The lowest BCUT2D eigenvalue weighted by molar-refractivity contribution is -0.141. The summed E-state index contributed by atoms with van der Waals surface area (Å²) in [5.74, 6) is 0.424. The van der Waals surface area contributed by atoms with Gasteiger partial charge in [-0.3, -0.25) is 0 Å². The second kappa shape index (κ2) is 5.51. The van der Waals surface area contributed by atoms with E-state index in [4.69, 9.17) is 0 Å². The average molecular weight is 299 g/mol. The first-order valence-corrected chi connectivity index (χ1v) is 6.93. The molecule has 1 aliphatic rings. The van der Waals surface area contributed by atoms with Gasteiger partial charge in [0.2, 0.25) is 0 Å². The molecule has 3 rings (SSSR count). The van der Waals surface area contributed by atoms with Gasteiger partial charge in [0, 0.05) is 31.0 Å². The number of hydrogen-bond donors (Lipinski definition) is 2. The van der Waals surface area contributed by atoms with E-state index in [0.717, 1.165) is 19.0 Å². The Morgan fingerprint density at radius 3 is 2.95 bits per heavy atom. The van der Waals surface area contributed by atoms with Gasteiger partial charge in [0.15, 0.2) is 11.5 Å². The van der Waals surface area contributed by atoms with Crippen molar-refractivity contribution >= 4 is 11.3 Å². The van der Waals surface area contributed by atoms with E-state index in [1.165, 1.54) is 29.8 Å². The van der Waals surface area contributed by atoms with Crippen LogP contribution in [-0.4, -0.2) is 33.7 Å². The van der Waals surface area contributed by atoms with Crippen molar-refractivity contribution in [1.29, 1.82) is 0 Å². The number of halogens is 3. The highest BCUT2D eigenvalue weighted by Gasteiger charge is 2.34. The third-order valence-electron chi connectivity index (χ3n) is 3.61. The Balaban J connectivity index is 1.79. The number of fused-ring (bicyclic) bond motifs is 1. The number of anilines is 1. The van der Waals surface area contributed by atoms with Crippen LogP contribution in [0.5, 0.6) is 0 Å². The van der Waals surface area contributed by atoms with E-state index in [-0.39, 0.29) is 0 Å². The van der Waals surface area contributed by atoms with Gasteiger partial charge in [0.25, 0.3) is 0 Å². The molecule has 21 heavy (non-hydrogen) atoms. The second-order valence-electron chi connectivity index (χ2n) is 5.16. The van der Waals surface area contributed by atoms with Crippen LogP contribution in [0.3, 0.4) is 0 Å². The quantitative estimate of drug-likeness (QED) is 0.913. The molecule has 0 saturated carbocycles. The lowest BCUT2D eigenvalue weighted by Crippen LogP contribution is -2.39. The molecule has 0 bridgehead atoms. The van der Waals surface area contributed by atoms with Crippen LogP contribution in [0.1, 0.15) is 25.0 Å². The van der Waals surface area contributed by atoms with Gasteiger partial charge in [0.1, 0.15) is 5.52 Å². The van der Waals surface area contributed by atoms with Crippen LogP contribution in [0.25, 0.3) is 5.52 Å². The molecule has 1 fully saturated rings. The molecule has 2 aromatic heterocycles. The molecule has 0 spiro atoms. The summed E-state index contributed by atoms with van der Waals surface area (Å²) in [7, 11) is 0. The van der Waals surface area contributed by atoms with E-state index in [9.17, 15) is 13.2 Å². The molecule has 8 heteroatoms. The SMILES string of the molecule is FC(F)(F)c1cc2c(NCC3CCCCN3)nccn2n1. The molecule has 1 atom stereocenters. The van der Waals surface area contributed by atoms with Gasteiger partial charge in [-0.2, -0.15) is 18.3 Å². The minimum atomic E-state index is -4.45. The summed E-state index contributed by atoms with van der Waals surface area (Å²) in [5, 5.41) is 10.0. The number of nitrogens with one attached hydrogen (secondary N) is 2. The van der Waals surface area contributed by atoms with Crippen molar-refractivity contribution in [2.45, 2.75) is 31.5 Å². The summed E-state index contributed by atoms with van der Waals surface area (Å²) in [6, 6.07) is 1.34. The molecule has 114 valence electrons. The Labute approximate surface area is 119 Å². The van der Waals surface area contributed by atoms with Gasteiger partial charge in [-0.25, -0.2) is 9.50 Å². The zero-order valence-electron chi connectivity index (χ0n) is 11.3. The van der Waals surface area contributed by atoms with E-state index in [0.29, 0.717) is 23.9 Å². The highest BCUT2D eigenvalue weighted by atomic mass is 19.4. The third kappa shape index (κ3) is 3.10. The summed E-state index contributed by atoms with van der Waals surface area (Å²) in [6.45, 7) is 1.62. The maximum atomic E-state index is 12.7. The largest absolute Gasteiger partial charge is 0.435 e. The molecule has 0 aliphatic carbocycles. The Bertz CT molecular complexity index is 616. The fourth-order valence-corrected chi connectivity index (χ4v) is 2.51. The monoisotopic (exact) mass is 299 g/mol. The summed E-state index contributed by atoms with van der Waals surface area (Å²) < 4.78 is 39.3. The Morgan fingerprint density at radius 1 is 1.38 bits per heavy atom. The summed E-state index contributed by atoms with van der Waals surface area (Å²) >= 11 is 0. The first-order chi connectivity index (χ1) is 10.0. The Kier molecular flexibility index (Phi) is 3.71. The fourth-order valence-electron chi connectivity index (χ4n) is 2.51. The number of alkyl halides is 3. The molecule has 1 unspecified atom stereocenters. The van der Waals surface area contributed by atoms with E-state index < -0.39 is 11.9 Å². The van der Waals surface area contributed by atoms with Crippen LogP contribution in [0.2, 0.25) is 0 Å². The standard InChI is InChI=1S/C13H16F3N5/c14-13(15,16)11-7-10-12(18-5-6-21(10)20-11)19-8-9-3-1-2-4-17-9/h5-7,9,17H,1-4,8H2,(H,18,19). The lowest BCUT2D eigenvalue weighted by Gasteiger charge is -2.23. The predicted molar refractivity (Wildman–Crippen MR) is 72.1 cm³/mol. The molecule has 1 saturated heterocycles. The molecule has 1 aliphatic heterocycles. The molecule has 0 aromatic carbocycles. The number of rotatable bonds is 3. The Hall–Kier alpha value is -1.83. The topological polar surface area (TPSA) is 54.2 Å². The van der Waals surface area contributed by atoms with Crippen LogP contribution in [0, 0.1) is 0 Å². The predicted octanol–water partition coefficient (Wildman–Crippen LogP) is 2.30. The van der Waals surface area contributed by atoms with Gasteiger partial charge in [-0.1, -0.05) is 6.42 Å². The normalized spacial score (nSPS) is 19.9. The number of nitrogens with zero attached hydrogens (tertiary/aromatic N) is 3. The molecule has 0 radical (unpaired) electrons. The average Bonchev–Trinajstić information content (AvgIpc) is 2.91. The molecular formula is C13H16F3N5. The molecule has 2 aromatic rings. The van der Waals surface area contributed by atoms with Crippen LogP contribution < -0.4 is 10.6 Å². The summed E-state index contributed by atoms with van der Waals surface area (Å²) in [4.78, 5) is 4.12. The number of hydrogen-bond acceptors (Lipinski definition) is 4. The first-order valence-electron chi connectivity index (χ1n) is 6.93. The first kappa shape index (κ1) is 14.1. The van der Waals surface area contributed by atoms with E-state index >= 15 is 0 Å². The highest BCUT2D eigenvalue weighted by Crippen LogP contribution is 2.30. The van der Waals surface area contributed by atoms with Gasteiger partial charge in [-0.05, 0) is 19.4 Å². The Morgan fingerprint density at radius 2 is 2.24 bits per heavy atom. The maximum absolute atomic E-state index is 12.7. The van der Waals surface area contributed by atoms with Crippen molar-refractivity contribution in [3.05, 3.63) is 24.2 Å². The maximum Gasteiger partial charge on any atom is 0.435 e. The van der Waals surface area contributed by atoms with Crippen LogP contribution in [-0.2, 0) is 6.18 Å². The van der Waals surface area contributed by atoms with Gasteiger partial charge < -0.3 is 10.6 Å². The van der Waals surface area contributed by atoms with Crippen LogP contribution in [0.4, 0.5) is 19.0 Å². The summed E-state index contributed by atoms with van der Waals surface area (Å²) in [5.41, 5.74) is -0.574. The number of piperidine rings is 1. The zero-order valence-corrected chi connectivity index (χ0v) is 11.3. The van der Waals surface area contributed by atoms with Crippen molar-refractivity contribution in [2.75, 3.05) is 18.4 Å². The van der Waals surface area contributed by atoms with Crippen LogP contribution in [0.15, 0.2) is 18.5 Å². The van der Waals surface area contributed by atoms with E-state index in [1.54, 1.807) is 0 Å². The zero-order chi connectivity index (χ0) is 14.9.